The molecule has 0 spiro atoms. The van der Waals surface area contributed by atoms with Crippen molar-refractivity contribution in [3.8, 4) is 0 Å². The molecule has 0 bridgehead atoms. The smallest absolute Gasteiger partial charge is 0.273 e. The minimum Gasteiger partial charge on any atom is -0.283 e. The van der Waals surface area contributed by atoms with Gasteiger partial charge in [0.2, 0.25) is 0 Å². The van der Waals surface area contributed by atoms with Crippen LogP contribution in [0.2, 0.25) is 0 Å². The minimum absolute atomic E-state index is 0.519. The second kappa shape index (κ2) is 8.81. The summed E-state index contributed by atoms with van der Waals surface area (Å²) in [6.07, 6.45) is -0.519. The first kappa shape index (κ1) is 15.7. The number of carbonyl (C=O) groups excluding carboxylic acids is 2. The topological polar surface area (TPSA) is 102 Å². The number of nitrogens with zero attached hydrogens (tertiary/aromatic N) is 2. The molecule has 10 nitrogen and oxygen atoms in total. The number of carbonyl (C=O) groups is 2. The molecule has 0 heterocycles. The van der Waals surface area contributed by atoms with Crippen LogP contribution in [0.25, 0.3) is 0 Å². The van der Waals surface area contributed by atoms with E-state index in [0.29, 0.717) is 10.3 Å². The molecule has 0 saturated carbocycles. The number of hydrogen-bond acceptors (Lipinski definition) is 8. The summed E-state index contributed by atoms with van der Waals surface area (Å²) in [7, 11) is 5.04. The monoisotopic (exact) mass is 252 g/mol. The first-order valence-corrected chi connectivity index (χ1v) is 4.42. The Bertz CT molecular complexity index is 227. The normalized spacial score (nSPS) is 10.1. The predicted octanol–water partition coefficient (Wildman–Crippen LogP) is -1.71. The van der Waals surface area contributed by atoms with Gasteiger partial charge in [0.05, 0.1) is 28.4 Å². The Labute approximate surface area is 98.1 Å². The van der Waals surface area contributed by atoms with E-state index >= 15 is 0 Å². The molecule has 0 aromatic heterocycles. The molecule has 2 N–H and O–H groups in total. The fourth-order valence-corrected chi connectivity index (χ4v) is 0.819. The van der Waals surface area contributed by atoms with Crippen LogP contribution in [0.5, 0.6) is 0 Å². The van der Waals surface area contributed by atoms with E-state index in [4.69, 9.17) is 0 Å². The molecule has 0 aromatic carbocycles. The molecule has 0 fully saturated rings. The number of amides is 2. The highest BCUT2D eigenvalue weighted by Crippen LogP contribution is 1.96. The van der Waals surface area contributed by atoms with Crippen molar-refractivity contribution in [1.82, 2.24) is 21.5 Å². The van der Waals surface area contributed by atoms with E-state index in [1.807, 2.05) is 0 Å². The van der Waals surface area contributed by atoms with Gasteiger partial charge in [-0.05, 0) is 0 Å². The zero-order valence-corrected chi connectivity index (χ0v) is 10.1. The maximum atomic E-state index is 11.5. The Morgan fingerprint density at radius 2 is 1.24 bits per heavy atom. The van der Waals surface area contributed by atoms with E-state index in [0.717, 1.165) is 0 Å². The van der Waals surface area contributed by atoms with E-state index in [1.165, 1.54) is 28.4 Å². The van der Waals surface area contributed by atoms with Crippen molar-refractivity contribution in [3.05, 3.63) is 0 Å². The Kier molecular flexibility index (Phi) is 8.13. The maximum Gasteiger partial charge on any atom is 0.273 e. The molecule has 0 aliphatic carbocycles. The average molecular weight is 252 g/mol. The van der Waals surface area contributed by atoms with Crippen molar-refractivity contribution in [1.29, 1.82) is 0 Å². The number of nitrogens with one attached hydrogen (secondary N) is 2. The van der Waals surface area contributed by atoms with Crippen LogP contribution in [0.1, 0.15) is 6.42 Å². The van der Waals surface area contributed by atoms with Gasteiger partial charge in [-0.15, -0.1) is 10.3 Å². The van der Waals surface area contributed by atoms with E-state index in [-0.39, 0.29) is 0 Å². The van der Waals surface area contributed by atoms with E-state index in [2.05, 4.69) is 30.5 Å². The van der Waals surface area contributed by atoms with Crippen LogP contribution in [0.15, 0.2) is 0 Å². The first-order chi connectivity index (χ1) is 8.10. The fraction of sp³-hybridized carbons (Fsp3) is 0.714. The van der Waals surface area contributed by atoms with Gasteiger partial charge in [-0.3, -0.25) is 28.9 Å². The predicted molar refractivity (Wildman–Crippen MR) is 52.6 cm³/mol. The number of hydroxylamine groups is 2. The summed E-state index contributed by atoms with van der Waals surface area (Å²) in [5.74, 6) is -1.36. The van der Waals surface area contributed by atoms with E-state index < -0.39 is 18.2 Å². The zero-order chi connectivity index (χ0) is 13.3. The minimum atomic E-state index is -0.681. The lowest BCUT2D eigenvalue weighted by Gasteiger charge is -2.21. The summed E-state index contributed by atoms with van der Waals surface area (Å²) in [4.78, 5) is 41.1. The lowest BCUT2D eigenvalue weighted by Crippen LogP contribution is -2.46. The van der Waals surface area contributed by atoms with Gasteiger partial charge in [-0.1, -0.05) is 11.2 Å². The molecule has 0 radical (unpaired) electrons. The van der Waals surface area contributed by atoms with Gasteiger partial charge in [-0.25, -0.2) is 0 Å². The third-order valence-corrected chi connectivity index (χ3v) is 1.47. The van der Waals surface area contributed by atoms with E-state index in [1.54, 1.807) is 0 Å². The molecular weight excluding hydrogens is 236 g/mol. The summed E-state index contributed by atoms with van der Waals surface area (Å²) in [5, 5.41) is 1.30. The summed E-state index contributed by atoms with van der Waals surface area (Å²) in [6.45, 7) is 0. The molecule has 0 aliphatic heterocycles. The molecule has 100 valence electrons. The van der Waals surface area contributed by atoms with Gasteiger partial charge in [-0.2, -0.15) is 0 Å². The molecule has 0 saturated heterocycles. The summed E-state index contributed by atoms with van der Waals surface area (Å²) in [6, 6.07) is 0. The average Bonchev–Trinajstić information content (AvgIpc) is 2.32. The lowest BCUT2D eigenvalue weighted by atomic mass is 10.4. The number of hydrazine groups is 2. The Hall–Kier alpha value is -1.30. The molecule has 0 rings (SSSR count). The molecular formula is C7H16N4O6. The van der Waals surface area contributed by atoms with Crippen molar-refractivity contribution >= 4 is 11.8 Å². The van der Waals surface area contributed by atoms with Crippen LogP contribution in [0.4, 0.5) is 0 Å². The lowest BCUT2D eigenvalue weighted by molar-refractivity contribution is -0.250. The van der Waals surface area contributed by atoms with Crippen LogP contribution in [0, 0.1) is 0 Å². The summed E-state index contributed by atoms with van der Waals surface area (Å²) < 4.78 is 0. The van der Waals surface area contributed by atoms with Crippen LogP contribution in [0.3, 0.4) is 0 Å². The quantitative estimate of drug-likeness (QED) is 0.389. The molecule has 10 heteroatoms. The molecule has 2 amide bonds. The Balaban J connectivity index is 4.29. The van der Waals surface area contributed by atoms with Gasteiger partial charge in [0.25, 0.3) is 11.8 Å². The van der Waals surface area contributed by atoms with Gasteiger partial charge in [0, 0.05) is 0 Å². The summed E-state index contributed by atoms with van der Waals surface area (Å²) >= 11 is 0. The third kappa shape index (κ3) is 5.53. The molecule has 17 heavy (non-hydrogen) atoms. The summed E-state index contributed by atoms with van der Waals surface area (Å²) in [5.41, 5.74) is 4.25. The Morgan fingerprint density at radius 1 is 0.882 bits per heavy atom. The number of hydrogen-bond donors (Lipinski definition) is 2. The van der Waals surface area contributed by atoms with Gasteiger partial charge in [0.1, 0.15) is 6.42 Å². The highest BCUT2D eigenvalue weighted by atomic mass is 16.8. The first-order valence-electron chi connectivity index (χ1n) is 4.42. The second-order valence-corrected chi connectivity index (χ2v) is 2.51. The van der Waals surface area contributed by atoms with Crippen molar-refractivity contribution < 1.29 is 28.9 Å². The van der Waals surface area contributed by atoms with Crippen molar-refractivity contribution in [2.45, 2.75) is 6.42 Å². The van der Waals surface area contributed by atoms with Gasteiger partial charge < -0.3 is 0 Å². The van der Waals surface area contributed by atoms with Crippen molar-refractivity contribution in [2.75, 3.05) is 28.4 Å². The Morgan fingerprint density at radius 3 is 1.47 bits per heavy atom. The molecule has 0 aromatic rings. The van der Waals surface area contributed by atoms with Gasteiger partial charge >= 0.3 is 0 Å². The SMILES string of the molecule is CONN(OC)C(=O)CC(=O)N(NOC)OC. The molecule has 0 aliphatic rings. The maximum absolute atomic E-state index is 11.5. The third-order valence-electron chi connectivity index (χ3n) is 1.47. The van der Waals surface area contributed by atoms with Crippen LogP contribution in [-0.2, 0) is 28.9 Å². The van der Waals surface area contributed by atoms with E-state index in [9.17, 15) is 9.59 Å². The van der Waals surface area contributed by atoms with Gasteiger partial charge in [0.15, 0.2) is 0 Å². The van der Waals surface area contributed by atoms with Crippen molar-refractivity contribution in [3.63, 3.8) is 0 Å². The van der Waals surface area contributed by atoms with Crippen LogP contribution >= 0.6 is 0 Å². The fourth-order valence-electron chi connectivity index (χ4n) is 0.819. The number of rotatable bonds is 8. The largest absolute Gasteiger partial charge is 0.283 e. The van der Waals surface area contributed by atoms with Crippen molar-refractivity contribution in [2.24, 2.45) is 0 Å². The zero-order valence-electron chi connectivity index (χ0n) is 10.1. The molecule has 0 unspecified atom stereocenters. The van der Waals surface area contributed by atoms with Crippen LogP contribution < -0.4 is 11.2 Å². The van der Waals surface area contributed by atoms with Crippen LogP contribution in [-0.4, -0.2) is 50.6 Å². The second-order valence-electron chi connectivity index (χ2n) is 2.51. The standard InChI is InChI=1S/C7H16N4O6/c1-14-8-10(16-3)6(12)5-7(13)11(17-4)9-15-2/h8-9H,5H2,1-4H3. The highest BCUT2D eigenvalue weighted by molar-refractivity contribution is 5.95. The molecule has 0 atom stereocenters. The highest BCUT2D eigenvalue weighted by Gasteiger charge is 2.22.